The molecule has 0 aliphatic carbocycles. The summed E-state index contributed by atoms with van der Waals surface area (Å²) in [5, 5.41) is 0.943. The van der Waals surface area contributed by atoms with Crippen LogP contribution in [0, 0.1) is 0 Å². The molecule has 0 N–H and O–H groups in total. The van der Waals surface area contributed by atoms with Gasteiger partial charge in [0.1, 0.15) is 17.2 Å². The van der Waals surface area contributed by atoms with Crippen molar-refractivity contribution in [2.45, 2.75) is 0 Å². The molecule has 0 fully saturated rings. The second-order valence-electron chi connectivity index (χ2n) is 4.62. The quantitative estimate of drug-likeness (QED) is 0.581. The third kappa shape index (κ3) is 2.40. The van der Waals surface area contributed by atoms with Crippen LogP contribution in [0.25, 0.3) is 27.0 Å². The first-order chi connectivity index (χ1) is 10.9. The van der Waals surface area contributed by atoms with E-state index in [1.165, 1.54) is 0 Å². The molecule has 0 atom stereocenters. The Morgan fingerprint density at radius 3 is 2.77 bits per heavy atom. The summed E-state index contributed by atoms with van der Waals surface area (Å²) in [6.45, 7) is 0. The van der Waals surface area contributed by atoms with E-state index < -0.39 is 0 Å². The minimum absolute atomic E-state index is 0.839. The average molecular weight is 305 g/mol. The highest BCUT2D eigenvalue weighted by atomic mass is 32.1. The monoisotopic (exact) mass is 305 g/mol. The zero-order valence-corrected chi connectivity index (χ0v) is 12.3. The number of hydrogen-bond acceptors (Lipinski definition) is 5. The lowest BCUT2D eigenvalue weighted by Crippen LogP contribution is -1.94. The molecule has 0 unspecified atom stereocenters. The summed E-state index contributed by atoms with van der Waals surface area (Å²) in [4.78, 5) is 18.4. The summed E-state index contributed by atoms with van der Waals surface area (Å²) >= 11 is 1.61. The molecule has 4 rings (SSSR count). The van der Waals surface area contributed by atoms with E-state index in [1.807, 2.05) is 53.5 Å². The van der Waals surface area contributed by atoms with Gasteiger partial charge in [-0.2, -0.15) is 0 Å². The molecular formula is C16H11N5S. The summed E-state index contributed by atoms with van der Waals surface area (Å²) in [5.41, 5.74) is 1.92. The van der Waals surface area contributed by atoms with Crippen molar-refractivity contribution in [2.24, 2.45) is 0 Å². The van der Waals surface area contributed by atoms with E-state index in [2.05, 4.69) is 19.9 Å². The standard InChI is InChI=1S/C16H11N5S/c1-4-13(20-15(5-1)21-8-7-18-11-21)14-10-19-16(22-14)12-3-2-6-17-9-12/h1-11H. The SMILES string of the molecule is c1cncc(-c2ncc(-c3cccc(-n4ccnc4)n3)s2)c1. The Morgan fingerprint density at radius 2 is 1.95 bits per heavy atom. The maximum Gasteiger partial charge on any atom is 0.138 e. The molecule has 0 saturated carbocycles. The fourth-order valence-corrected chi connectivity index (χ4v) is 2.99. The maximum absolute atomic E-state index is 4.67. The van der Waals surface area contributed by atoms with Crippen molar-refractivity contribution in [3.05, 3.63) is 67.6 Å². The molecule has 6 heteroatoms. The van der Waals surface area contributed by atoms with Crippen molar-refractivity contribution in [3.8, 4) is 27.0 Å². The van der Waals surface area contributed by atoms with Crippen molar-refractivity contribution in [3.63, 3.8) is 0 Å². The molecule has 4 aromatic heterocycles. The zero-order valence-electron chi connectivity index (χ0n) is 11.5. The second-order valence-corrected chi connectivity index (χ2v) is 5.65. The van der Waals surface area contributed by atoms with E-state index in [9.17, 15) is 0 Å². The minimum Gasteiger partial charge on any atom is -0.291 e. The third-order valence-corrected chi connectivity index (χ3v) is 4.24. The summed E-state index contributed by atoms with van der Waals surface area (Å²) in [7, 11) is 0. The van der Waals surface area contributed by atoms with Crippen molar-refractivity contribution < 1.29 is 0 Å². The van der Waals surface area contributed by atoms with E-state index in [4.69, 9.17) is 0 Å². The van der Waals surface area contributed by atoms with Crippen LogP contribution in [0.5, 0.6) is 0 Å². The van der Waals surface area contributed by atoms with Crippen LogP contribution in [0.4, 0.5) is 0 Å². The normalized spacial score (nSPS) is 10.7. The smallest absolute Gasteiger partial charge is 0.138 e. The lowest BCUT2D eigenvalue weighted by atomic mass is 10.3. The Labute approximate surface area is 131 Å². The van der Waals surface area contributed by atoms with Crippen LogP contribution in [-0.2, 0) is 0 Å². The van der Waals surface area contributed by atoms with E-state index >= 15 is 0 Å². The molecule has 0 saturated heterocycles. The van der Waals surface area contributed by atoms with Crippen LogP contribution < -0.4 is 0 Å². The Morgan fingerprint density at radius 1 is 0.955 bits per heavy atom. The maximum atomic E-state index is 4.67. The number of imidazole rings is 1. The van der Waals surface area contributed by atoms with Gasteiger partial charge in [-0.15, -0.1) is 11.3 Å². The summed E-state index contributed by atoms with van der Waals surface area (Å²) in [6, 6.07) is 9.84. The molecule has 5 nitrogen and oxygen atoms in total. The van der Waals surface area contributed by atoms with Gasteiger partial charge in [-0.25, -0.2) is 15.0 Å². The first kappa shape index (κ1) is 12.8. The van der Waals surface area contributed by atoms with Gasteiger partial charge in [-0.05, 0) is 24.3 Å². The van der Waals surface area contributed by atoms with Gasteiger partial charge >= 0.3 is 0 Å². The lowest BCUT2D eigenvalue weighted by Gasteiger charge is -2.02. The lowest BCUT2D eigenvalue weighted by molar-refractivity contribution is 0.996. The third-order valence-electron chi connectivity index (χ3n) is 3.17. The first-order valence-corrected chi connectivity index (χ1v) is 7.54. The molecule has 0 radical (unpaired) electrons. The highest BCUT2D eigenvalue weighted by Crippen LogP contribution is 2.30. The zero-order chi connectivity index (χ0) is 14.8. The summed E-state index contributed by atoms with van der Waals surface area (Å²) < 4.78 is 1.88. The Hall–Kier alpha value is -2.86. The van der Waals surface area contributed by atoms with Gasteiger partial charge in [-0.3, -0.25) is 9.55 Å². The van der Waals surface area contributed by atoms with Crippen molar-refractivity contribution >= 4 is 11.3 Å². The van der Waals surface area contributed by atoms with E-state index in [0.29, 0.717) is 0 Å². The predicted octanol–water partition coefficient (Wildman–Crippen LogP) is 3.45. The van der Waals surface area contributed by atoms with E-state index in [-0.39, 0.29) is 0 Å². The fraction of sp³-hybridized carbons (Fsp3) is 0. The van der Waals surface area contributed by atoms with Crippen LogP contribution in [0.1, 0.15) is 0 Å². The molecule has 0 aliphatic heterocycles. The van der Waals surface area contributed by atoms with Gasteiger partial charge in [0.05, 0.1) is 10.6 Å². The Balaban J connectivity index is 1.71. The Bertz CT molecular complexity index is 884. The second kappa shape index (κ2) is 5.50. The van der Waals surface area contributed by atoms with Crippen molar-refractivity contribution in [2.75, 3.05) is 0 Å². The molecule has 22 heavy (non-hydrogen) atoms. The highest BCUT2D eigenvalue weighted by molar-refractivity contribution is 7.18. The molecule has 0 bridgehead atoms. The molecule has 4 aromatic rings. The van der Waals surface area contributed by atoms with E-state index in [1.54, 1.807) is 30.1 Å². The first-order valence-electron chi connectivity index (χ1n) is 6.72. The van der Waals surface area contributed by atoms with Gasteiger partial charge < -0.3 is 0 Å². The number of hydrogen-bond donors (Lipinski definition) is 0. The number of aromatic nitrogens is 5. The number of nitrogens with zero attached hydrogens (tertiary/aromatic N) is 5. The van der Waals surface area contributed by atoms with Gasteiger partial charge in [0.15, 0.2) is 0 Å². The highest BCUT2D eigenvalue weighted by Gasteiger charge is 2.08. The Kier molecular flexibility index (Phi) is 3.21. The van der Waals surface area contributed by atoms with Crippen LogP contribution in [-0.4, -0.2) is 24.5 Å². The molecule has 0 spiro atoms. The van der Waals surface area contributed by atoms with Gasteiger partial charge in [0.2, 0.25) is 0 Å². The molecule has 106 valence electrons. The summed E-state index contributed by atoms with van der Waals surface area (Å²) in [5.74, 6) is 0.839. The van der Waals surface area contributed by atoms with Crippen molar-refractivity contribution in [1.82, 2.24) is 24.5 Å². The number of thiazole rings is 1. The molecule has 0 aromatic carbocycles. The van der Waals surface area contributed by atoms with E-state index in [0.717, 1.165) is 27.0 Å². The minimum atomic E-state index is 0.839. The molecular weight excluding hydrogens is 294 g/mol. The number of pyridine rings is 2. The average Bonchev–Trinajstić information content (AvgIpc) is 3.28. The van der Waals surface area contributed by atoms with Crippen LogP contribution >= 0.6 is 11.3 Å². The molecule has 0 aliphatic rings. The topological polar surface area (TPSA) is 56.5 Å². The van der Waals surface area contributed by atoms with Crippen molar-refractivity contribution in [1.29, 1.82) is 0 Å². The predicted molar refractivity (Wildman–Crippen MR) is 85.7 cm³/mol. The summed E-state index contributed by atoms with van der Waals surface area (Å²) in [6.07, 6.45) is 10.8. The number of rotatable bonds is 3. The van der Waals surface area contributed by atoms with Gasteiger partial charge in [0, 0.05) is 36.5 Å². The van der Waals surface area contributed by atoms with Gasteiger partial charge in [0.25, 0.3) is 0 Å². The van der Waals surface area contributed by atoms with Crippen LogP contribution in [0.2, 0.25) is 0 Å². The van der Waals surface area contributed by atoms with Crippen LogP contribution in [0.15, 0.2) is 67.6 Å². The molecule has 4 heterocycles. The molecule has 0 amide bonds. The van der Waals surface area contributed by atoms with Crippen LogP contribution in [0.3, 0.4) is 0 Å². The van der Waals surface area contributed by atoms with Gasteiger partial charge in [-0.1, -0.05) is 6.07 Å². The largest absolute Gasteiger partial charge is 0.291 e. The fourth-order valence-electron chi connectivity index (χ4n) is 2.11.